The van der Waals surface area contributed by atoms with E-state index in [1.54, 1.807) is 0 Å². The minimum Gasteiger partial charge on any atom is -0.444 e. The molecule has 1 N–H and O–H groups in total. The Bertz CT molecular complexity index is 505. The minimum atomic E-state index is -0.410. The Labute approximate surface area is 173 Å². The van der Waals surface area contributed by atoms with Crippen molar-refractivity contribution in [3.05, 3.63) is 0 Å². The standard InChI is InChI=1S/C24H44N2O2/c1-5-24(13-9-10-14-24)25-19-23(20-11-7-6-8-12-20)15-17-26(18-16-23)21(27)28-22(2,3)4/h20,25H,5-19H2,1-4H3. The monoisotopic (exact) mass is 392 g/mol. The first-order valence-electron chi connectivity index (χ1n) is 12.0. The average molecular weight is 393 g/mol. The molecule has 28 heavy (non-hydrogen) atoms. The van der Waals surface area contributed by atoms with Crippen molar-refractivity contribution in [1.29, 1.82) is 0 Å². The first-order valence-corrected chi connectivity index (χ1v) is 12.0. The summed E-state index contributed by atoms with van der Waals surface area (Å²) in [7, 11) is 0. The van der Waals surface area contributed by atoms with Crippen LogP contribution >= 0.6 is 0 Å². The summed E-state index contributed by atoms with van der Waals surface area (Å²) in [6.45, 7) is 11.1. The third-order valence-corrected chi connectivity index (χ3v) is 7.94. The van der Waals surface area contributed by atoms with Crippen LogP contribution in [0.2, 0.25) is 0 Å². The Hall–Kier alpha value is -0.770. The average Bonchev–Trinajstić information content (AvgIpc) is 3.16. The van der Waals surface area contributed by atoms with Gasteiger partial charge in [-0.25, -0.2) is 4.79 Å². The van der Waals surface area contributed by atoms with Crippen molar-refractivity contribution in [2.75, 3.05) is 19.6 Å². The van der Waals surface area contributed by atoms with Crippen molar-refractivity contribution in [3.8, 4) is 0 Å². The van der Waals surface area contributed by atoms with Gasteiger partial charge in [-0.1, -0.05) is 39.0 Å². The van der Waals surface area contributed by atoms with Gasteiger partial charge in [0.1, 0.15) is 5.60 Å². The number of likely N-dealkylation sites (tertiary alicyclic amines) is 1. The number of nitrogens with one attached hydrogen (secondary N) is 1. The molecule has 3 aliphatic rings. The molecule has 1 aliphatic heterocycles. The number of nitrogens with zero attached hydrogens (tertiary/aromatic N) is 1. The maximum atomic E-state index is 12.6. The van der Waals surface area contributed by atoms with Crippen LogP contribution in [0.25, 0.3) is 0 Å². The van der Waals surface area contributed by atoms with Crippen LogP contribution in [0, 0.1) is 11.3 Å². The summed E-state index contributed by atoms with van der Waals surface area (Å²) in [6, 6.07) is 0. The van der Waals surface area contributed by atoms with Crippen molar-refractivity contribution in [1.82, 2.24) is 10.2 Å². The molecule has 162 valence electrons. The highest BCUT2D eigenvalue weighted by atomic mass is 16.6. The molecule has 2 aliphatic carbocycles. The highest BCUT2D eigenvalue weighted by Crippen LogP contribution is 2.46. The van der Waals surface area contributed by atoms with E-state index in [0.717, 1.165) is 38.4 Å². The molecule has 0 aromatic rings. The summed E-state index contributed by atoms with van der Waals surface area (Å²) < 4.78 is 5.64. The zero-order valence-corrected chi connectivity index (χ0v) is 18.9. The lowest BCUT2D eigenvalue weighted by Crippen LogP contribution is -2.55. The molecule has 0 unspecified atom stereocenters. The number of ether oxygens (including phenoxy) is 1. The highest BCUT2D eigenvalue weighted by molar-refractivity contribution is 5.68. The van der Waals surface area contributed by atoms with Crippen LogP contribution in [0.3, 0.4) is 0 Å². The van der Waals surface area contributed by atoms with Gasteiger partial charge in [-0.15, -0.1) is 0 Å². The van der Waals surface area contributed by atoms with E-state index in [4.69, 9.17) is 4.74 Å². The van der Waals surface area contributed by atoms with Gasteiger partial charge < -0.3 is 15.0 Å². The second-order valence-electron chi connectivity index (χ2n) is 10.9. The molecule has 3 rings (SSSR count). The fraction of sp³-hybridized carbons (Fsp3) is 0.958. The van der Waals surface area contributed by atoms with E-state index in [1.807, 2.05) is 25.7 Å². The Kier molecular flexibility index (Phi) is 7.00. The molecule has 1 heterocycles. The third-order valence-electron chi connectivity index (χ3n) is 7.94. The Morgan fingerprint density at radius 2 is 1.61 bits per heavy atom. The zero-order chi connectivity index (χ0) is 20.3. The van der Waals surface area contributed by atoms with Crippen molar-refractivity contribution in [3.63, 3.8) is 0 Å². The minimum absolute atomic E-state index is 0.126. The molecule has 4 nitrogen and oxygen atoms in total. The van der Waals surface area contributed by atoms with E-state index in [9.17, 15) is 4.79 Å². The summed E-state index contributed by atoms with van der Waals surface area (Å²) in [5.41, 5.74) is 0.334. The van der Waals surface area contributed by atoms with Crippen LogP contribution in [0.15, 0.2) is 0 Å². The van der Waals surface area contributed by atoms with Gasteiger partial charge in [0, 0.05) is 25.2 Å². The number of rotatable bonds is 5. The number of hydrogen-bond donors (Lipinski definition) is 1. The summed E-state index contributed by atoms with van der Waals surface area (Å²) in [5.74, 6) is 0.824. The maximum Gasteiger partial charge on any atom is 0.410 e. The van der Waals surface area contributed by atoms with Gasteiger partial charge in [0.05, 0.1) is 0 Å². The first kappa shape index (κ1) is 21.9. The molecule has 1 amide bonds. The molecular weight excluding hydrogens is 348 g/mol. The molecule has 4 heteroatoms. The van der Waals surface area contributed by atoms with Gasteiger partial charge in [-0.2, -0.15) is 0 Å². The van der Waals surface area contributed by atoms with E-state index >= 15 is 0 Å². The largest absolute Gasteiger partial charge is 0.444 e. The Morgan fingerprint density at radius 3 is 2.14 bits per heavy atom. The summed E-state index contributed by atoms with van der Waals surface area (Å²) in [4.78, 5) is 14.5. The molecule has 1 saturated heterocycles. The summed E-state index contributed by atoms with van der Waals surface area (Å²) in [6.07, 6.45) is 15.8. The third kappa shape index (κ3) is 5.23. The van der Waals surface area contributed by atoms with Crippen molar-refractivity contribution in [2.45, 2.75) is 116 Å². The van der Waals surface area contributed by atoms with E-state index in [2.05, 4.69) is 12.2 Å². The lowest BCUT2D eigenvalue weighted by molar-refractivity contribution is -0.00840. The first-order chi connectivity index (χ1) is 13.3. The van der Waals surface area contributed by atoms with Crippen LogP contribution in [0.1, 0.15) is 105 Å². The molecule has 0 radical (unpaired) electrons. The highest BCUT2D eigenvalue weighted by Gasteiger charge is 2.44. The molecule has 0 atom stereocenters. The summed E-state index contributed by atoms with van der Waals surface area (Å²) in [5, 5.41) is 4.10. The van der Waals surface area contributed by atoms with Gasteiger partial charge in [0.15, 0.2) is 0 Å². The van der Waals surface area contributed by atoms with E-state index in [1.165, 1.54) is 64.2 Å². The van der Waals surface area contributed by atoms with Gasteiger partial charge in [-0.05, 0) is 77.0 Å². The molecule has 0 aromatic heterocycles. The normalized spacial score (nSPS) is 25.6. The lowest BCUT2D eigenvalue weighted by atomic mass is 9.63. The second kappa shape index (κ2) is 8.93. The fourth-order valence-corrected chi connectivity index (χ4v) is 5.98. The van der Waals surface area contributed by atoms with E-state index < -0.39 is 5.60 Å². The maximum absolute atomic E-state index is 12.6. The van der Waals surface area contributed by atoms with Crippen LogP contribution in [-0.2, 0) is 4.74 Å². The zero-order valence-electron chi connectivity index (χ0n) is 18.9. The van der Waals surface area contributed by atoms with Gasteiger partial charge in [0.25, 0.3) is 0 Å². The molecule has 0 bridgehead atoms. The lowest BCUT2D eigenvalue weighted by Gasteiger charge is -2.49. The molecule has 3 fully saturated rings. The Balaban J connectivity index is 1.66. The van der Waals surface area contributed by atoms with Crippen LogP contribution < -0.4 is 5.32 Å². The second-order valence-corrected chi connectivity index (χ2v) is 10.9. The number of amides is 1. The van der Waals surface area contributed by atoms with Crippen LogP contribution in [-0.4, -0.2) is 41.8 Å². The quantitative estimate of drug-likeness (QED) is 0.633. The topological polar surface area (TPSA) is 41.6 Å². The number of carbonyl (C=O) groups is 1. The summed E-state index contributed by atoms with van der Waals surface area (Å²) >= 11 is 0. The number of carbonyl (C=O) groups excluding carboxylic acids is 1. The predicted octanol–water partition coefficient (Wildman–Crippen LogP) is 5.90. The van der Waals surface area contributed by atoms with Crippen molar-refractivity contribution < 1.29 is 9.53 Å². The van der Waals surface area contributed by atoms with Crippen molar-refractivity contribution in [2.24, 2.45) is 11.3 Å². The van der Waals surface area contributed by atoms with E-state index in [0.29, 0.717) is 11.0 Å². The number of piperidine rings is 1. The van der Waals surface area contributed by atoms with Gasteiger partial charge >= 0.3 is 6.09 Å². The van der Waals surface area contributed by atoms with Gasteiger partial charge in [-0.3, -0.25) is 0 Å². The SMILES string of the molecule is CCC1(NCC2(C3CCCCC3)CCN(C(=O)OC(C)(C)C)CC2)CCCC1. The molecule has 2 saturated carbocycles. The smallest absolute Gasteiger partial charge is 0.410 e. The van der Waals surface area contributed by atoms with Crippen molar-refractivity contribution >= 4 is 6.09 Å². The predicted molar refractivity (Wildman–Crippen MR) is 116 cm³/mol. The molecular formula is C24H44N2O2. The van der Waals surface area contributed by atoms with Crippen LogP contribution in [0.5, 0.6) is 0 Å². The molecule has 0 aromatic carbocycles. The van der Waals surface area contributed by atoms with Gasteiger partial charge in [0.2, 0.25) is 0 Å². The van der Waals surface area contributed by atoms with E-state index in [-0.39, 0.29) is 6.09 Å². The number of hydrogen-bond acceptors (Lipinski definition) is 3. The van der Waals surface area contributed by atoms with Crippen LogP contribution in [0.4, 0.5) is 4.79 Å². The fourth-order valence-electron chi connectivity index (χ4n) is 5.98. The Morgan fingerprint density at radius 1 is 1.00 bits per heavy atom. The molecule has 0 spiro atoms.